The second kappa shape index (κ2) is 5.11. The molecule has 0 atom stereocenters. The maximum Gasteiger partial charge on any atom is 0.513 e. The van der Waals surface area contributed by atoms with E-state index in [4.69, 9.17) is 0 Å². The molecule has 1 radical (unpaired) electrons. The van der Waals surface area contributed by atoms with Gasteiger partial charge in [0.15, 0.2) is 0 Å². The van der Waals surface area contributed by atoms with E-state index in [9.17, 15) is 18.0 Å². The van der Waals surface area contributed by atoms with Gasteiger partial charge in [-0.2, -0.15) is 13.2 Å². The lowest BCUT2D eigenvalue weighted by Gasteiger charge is -2.07. The van der Waals surface area contributed by atoms with E-state index >= 15 is 0 Å². The van der Waals surface area contributed by atoms with Crippen molar-refractivity contribution in [3.05, 3.63) is 31.4 Å². The van der Waals surface area contributed by atoms with Crippen molar-refractivity contribution >= 4 is 17.9 Å². The van der Waals surface area contributed by atoms with Crippen LogP contribution in [0.4, 0.5) is 18.0 Å². The third kappa shape index (κ3) is 4.43. The predicted octanol–water partition coefficient (Wildman–Crippen LogP) is 3.61. The van der Waals surface area contributed by atoms with E-state index in [0.29, 0.717) is 0 Å². The molecule has 87 valence electrons. The van der Waals surface area contributed by atoms with Crippen molar-refractivity contribution in [3.8, 4) is 5.75 Å². The summed E-state index contributed by atoms with van der Waals surface area (Å²) in [5, 5.41) is 0. The minimum Gasteiger partial charge on any atom is -0.430 e. The summed E-state index contributed by atoms with van der Waals surface area (Å²) in [6, 6.07) is 4.99. The van der Waals surface area contributed by atoms with Crippen LogP contribution in [-0.2, 0) is 4.74 Å². The zero-order valence-corrected chi connectivity index (χ0v) is 8.60. The number of rotatable bonds is 2. The van der Waals surface area contributed by atoms with Crippen molar-refractivity contribution in [1.29, 1.82) is 0 Å². The molecule has 0 N–H and O–H groups in total. The van der Waals surface area contributed by atoms with Crippen LogP contribution in [0.15, 0.2) is 29.2 Å². The van der Waals surface area contributed by atoms with Crippen LogP contribution in [0.2, 0.25) is 0 Å². The standard InChI is InChI=1S/C9H6F3O3S/c1-14-8(13)15-6-3-2-4-7(5-6)16-9(10,11)12/h2-5H,1H2. The molecule has 0 aliphatic heterocycles. The summed E-state index contributed by atoms with van der Waals surface area (Å²) in [5.74, 6) is -0.0390. The van der Waals surface area contributed by atoms with Gasteiger partial charge in [0.2, 0.25) is 0 Å². The molecule has 0 spiro atoms. The van der Waals surface area contributed by atoms with E-state index < -0.39 is 11.7 Å². The third-order valence-corrected chi connectivity index (χ3v) is 2.08. The van der Waals surface area contributed by atoms with Gasteiger partial charge in [-0.15, -0.1) is 0 Å². The number of hydrogen-bond donors (Lipinski definition) is 0. The summed E-state index contributed by atoms with van der Waals surface area (Å²) in [6.07, 6.45) is -1.09. The van der Waals surface area contributed by atoms with E-state index in [2.05, 4.69) is 16.6 Å². The molecular formula is C9H6F3O3S. The Bertz CT molecular complexity index is 379. The van der Waals surface area contributed by atoms with Gasteiger partial charge in [0, 0.05) is 4.90 Å². The molecule has 0 bridgehead atoms. The van der Waals surface area contributed by atoms with Gasteiger partial charge in [-0.05, 0) is 30.0 Å². The lowest BCUT2D eigenvalue weighted by atomic mass is 10.3. The van der Waals surface area contributed by atoms with Gasteiger partial charge < -0.3 is 9.47 Å². The average Bonchev–Trinajstić information content (AvgIpc) is 2.15. The molecule has 0 aliphatic rings. The predicted molar refractivity (Wildman–Crippen MR) is 50.8 cm³/mol. The van der Waals surface area contributed by atoms with E-state index in [0.717, 1.165) is 6.07 Å². The molecule has 0 saturated heterocycles. The number of thioether (sulfide) groups is 1. The Morgan fingerprint density at radius 2 is 2.06 bits per heavy atom. The molecule has 0 fully saturated rings. The first-order valence-corrected chi connectivity index (χ1v) is 4.72. The maximum absolute atomic E-state index is 12.0. The van der Waals surface area contributed by atoms with Crippen molar-refractivity contribution < 1.29 is 27.4 Å². The van der Waals surface area contributed by atoms with Gasteiger partial charge in [0.1, 0.15) is 12.9 Å². The highest BCUT2D eigenvalue weighted by Crippen LogP contribution is 2.37. The Balaban J connectivity index is 2.75. The van der Waals surface area contributed by atoms with Crippen LogP contribution in [0.3, 0.4) is 0 Å². The van der Waals surface area contributed by atoms with Crippen LogP contribution < -0.4 is 4.74 Å². The van der Waals surface area contributed by atoms with Crippen molar-refractivity contribution in [2.24, 2.45) is 0 Å². The first-order valence-electron chi connectivity index (χ1n) is 3.90. The number of alkyl halides is 3. The Morgan fingerprint density at radius 3 is 2.62 bits per heavy atom. The summed E-state index contributed by atoms with van der Waals surface area (Å²) in [7, 11) is 2.80. The molecule has 0 heterocycles. The molecule has 1 rings (SSSR count). The number of halogens is 3. The van der Waals surface area contributed by atoms with Crippen LogP contribution >= 0.6 is 11.8 Å². The quantitative estimate of drug-likeness (QED) is 0.457. The second-order valence-corrected chi connectivity index (χ2v) is 3.66. The highest BCUT2D eigenvalue weighted by molar-refractivity contribution is 8.00. The van der Waals surface area contributed by atoms with Gasteiger partial charge in [-0.3, -0.25) is 0 Å². The van der Waals surface area contributed by atoms with Crippen LogP contribution in [0, 0.1) is 7.11 Å². The molecule has 0 aliphatic carbocycles. The smallest absolute Gasteiger partial charge is 0.430 e. The molecule has 0 amide bonds. The average molecular weight is 251 g/mol. The van der Waals surface area contributed by atoms with Gasteiger partial charge in [0.05, 0.1) is 0 Å². The van der Waals surface area contributed by atoms with Gasteiger partial charge in [0.25, 0.3) is 0 Å². The lowest BCUT2D eigenvalue weighted by molar-refractivity contribution is -0.0328. The highest BCUT2D eigenvalue weighted by atomic mass is 32.2. The van der Waals surface area contributed by atoms with Gasteiger partial charge in [-0.1, -0.05) is 6.07 Å². The van der Waals surface area contributed by atoms with Crippen LogP contribution in [0.1, 0.15) is 0 Å². The summed E-state index contributed by atoms with van der Waals surface area (Å²) < 4.78 is 44.5. The molecule has 0 saturated carbocycles. The Hall–Kier alpha value is -1.37. The number of hydrogen-bond acceptors (Lipinski definition) is 4. The number of carbonyl (C=O) groups is 1. The summed E-state index contributed by atoms with van der Waals surface area (Å²) >= 11 is -0.298. The third-order valence-electron chi connectivity index (χ3n) is 1.36. The minimum atomic E-state index is -4.38. The fourth-order valence-electron chi connectivity index (χ4n) is 0.861. The molecule has 3 nitrogen and oxygen atoms in total. The van der Waals surface area contributed by atoms with Crippen LogP contribution in [-0.4, -0.2) is 11.7 Å². The van der Waals surface area contributed by atoms with Gasteiger partial charge in [-0.25, -0.2) is 4.79 Å². The number of carbonyl (C=O) groups excluding carboxylic acids is 1. The number of benzene rings is 1. The number of ether oxygens (including phenoxy) is 2. The van der Waals surface area contributed by atoms with E-state index in [1.165, 1.54) is 18.2 Å². The molecule has 16 heavy (non-hydrogen) atoms. The summed E-state index contributed by atoms with van der Waals surface area (Å²) in [6.45, 7) is 0. The fraction of sp³-hybridized carbons (Fsp3) is 0.111. The summed E-state index contributed by atoms with van der Waals surface area (Å²) in [4.78, 5) is 10.6. The SMILES string of the molecule is [CH2]OC(=O)Oc1cccc(SC(F)(F)F)c1. The minimum absolute atomic E-state index is 0.0390. The lowest BCUT2D eigenvalue weighted by Crippen LogP contribution is -2.06. The highest BCUT2D eigenvalue weighted by Gasteiger charge is 2.29. The Kier molecular flexibility index (Phi) is 4.05. The van der Waals surface area contributed by atoms with Crippen LogP contribution in [0.5, 0.6) is 5.75 Å². The molecule has 1 aromatic carbocycles. The normalized spacial score (nSPS) is 11.0. The first kappa shape index (κ1) is 12.7. The van der Waals surface area contributed by atoms with Crippen molar-refractivity contribution in [3.63, 3.8) is 0 Å². The molecule has 0 unspecified atom stereocenters. The first-order chi connectivity index (χ1) is 7.40. The van der Waals surface area contributed by atoms with Crippen LogP contribution in [0.25, 0.3) is 0 Å². The van der Waals surface area contributed by atoms with Crippen molar-refractivity contribution in [2.45, 2.75) is 10.4 Å². The molecule has 7 heteroatoms. The zero-order valence-electron chi connectivity index (χ0n) is 7.78. The zero-order chi connectivity index (χ0) is 12.2. The van der Waals surface area contributed by atoms with E-state index in [-0.39, 0.29) is 22.4 Å². The Morgan fingerprint density at radius 1 is 1.38 bits per heavy atom. The second-order valence-electron chi connectivity index (χ2n) is 2.52. The molecular weight excluding hydrogens is 245 g/mol. The fourth-order valence-corrected chi connectivity index (χ4v) is 1.45. The van der Waals surface area contributed by atoms with E-state index in [1.807, 2.05) is 0 Å². The topological polar surface area (TPSA) is 35.5 Å². The summed E-state index contributed by atoms with van der Waals surface area (Å²) in [5.41, 5.74) is -4.38. The Labute approximate surface area is 93.5 Å². The van der Waals surface area contributed by atoms with Gasteiger partial charge >= 0.3 is 11.7 Å². The van der Waals surface area contributed by atoms with Crippen molar-refractivity contribution in [2.75, 3.05) is 0 Å². The maximum atomic E-state index is 12.0. The van der Waals surface area contributed by atoms with Crippen molar-refractivity contribution in [1.82, 2.24) is 0 Å². The largest absolute Gasteiger partial charge is 0.513 e. The monoisotopic (exact) mass is 251 g/mol. The van der Waals surface area contributed by atoms with E-state index in [1.54, 1.807) is 0 Å². The molecule has 1 aromatic rings. The molecule has 0 aromatic heterocycles.